The summed E-state index contributed by atoms with van der Waals surface area (Å²) >= 11 is 0. The molecule has 0 saturated heterocycles. The molecule has 2 aromatic carbocycles. The Balaban J connectivity index is 1.52. The smallest absolute Gasteiger partial charge is 0.243 e. The molecule has 0 radical (unpaired) electrons. The summed E-state index contributed by atoms with van der Waals surface area (Å²) in [5, 5.41) is 6.25. The zero-order valence-electron chi connectivity index (χ0n) is 17.7. The van der Waals surface area contributed by atoms with E-state index in [0.717, 1.165) is 29.7 Å². The maximum Gasteiger partial charge on any atom is 0.243 e. The molecule has 5 heteroatoms. The van der Waals surface area contributed by atoms with Crippen molar-refractivity contribution in [3.63, 3.8) is 0 Å². The van der Waals surface area contributed by atoms with Gasteiger partial charge in [0.15, 0.2) is 0 Å². The molecular weight excluding hydrogens is 362 g/mol. The van der Waals surface area contributed by atoms with Crippen LogP contribution in [0.3, 0.4) is 0 Å². The van der Waals surface area contributed by atoms with Gasteiger partial charge in [0.05, 0.1) is 26.2 Å². The van der Waals surface area contributed by atoms with Gasteiger partial charge in [-0.1, -0.05) is 24.6 Å². The second kappa shape index (κ2) is 10.9. The van der Waals surface area contributed by atoms with E-state index in [1.165, 1.54) is 37.7 Å². The molecule has 1 aliphatic carbocycles. The van der Waals surface area contributed by atoms with Crippen LogP contribution in [0.4, 0.5) is 11.4 Å². The number of para-hydroxylation sites is 1. The molecule has 156 valence electrons. The van der Waals surface area contributed by atoms with Gasteiger partial charge in [0.2, 0.25) is 5.91 Å². The molecular formula is C24H34N3O2+. The Bertz CT molecular complexity index is 770. The summed E-state index contributed by atoms with van der Waals surface area (Å²) in [7, 11) is 2.30. The van der Waals surface area contributed by atoms with Gasteiger partial charge in [-0.15, -0.1) is 0 Å². The third kappa shape index (κ3) is 6.50. The van der Waals surface area contributed by atoms with Crippen molar-refractivity contribution in [1.82, 2.24) is 0 Å². The normalized spacial score (nSPS) is 15.5. The van der Waals surface area contributed by atoms with Crippen molar-refractivity contribution in [2.24, 2.45) is 0 Å². The first-order chi connectivity index (χ1) is 14.2. The van der Waals surface area contributed by atoms with Gasteiger partial charge in [0.1, 0.15) is 12.3 Å². The number of hydrogen-bond donors (Lipinski definition) is 3. The summed E-state index contributed by atoms with van der Waals surface area (Å²) in [5.41, 5.74) is 3.09. The van der Waals surface area contributed by atoms with Crippen molar-refractivity contribution >= 4 is 17.3 Å². The van der Waals surface area contributed by atoms with Gasteiger partial charge in [-0.2, -0.15) is 0 Å². The van der Waals surface area contributed by atoms with Crippen LogP contribution >= 0.6 is 0 Å². The first-order valence-electron chi connectivity index (χ1n) is 10.8. The lowest BCUT2D eigenvalue weighted by Crippen LogP contribution is -3.11. The third-order valence-electron chi connectivity index (χ3n) is 5.68. The molecule has 1 aliphatic rings. The Morgan fingerprint density at radius 1 is 1.07 bits per heavy atom. The summed E-state index contributed by atoms with van der Waals surface area (Å²) < 4.78 is 5.43. The van der Waals surface area contributed by atoms with Crippen LogP contribution in [0.25, 0.3) is 0 Å². The van der Waals surface area contributed by atoms with Crippen molar-refractivity contribution in [1.29, 1.82) is 0 Å². The molecule has 2 aromatic rings. The quantitative estimate of drug-likeness (QED) is 0.608. The molecule has 3 N–H and O–H groups in total. The number of nitrogens with one attached hydrogen (secondary N) is 3. The lowest BCUT2D eigenvalue weighted by atomic mass is 9.94. The molecule has 5 nitrogen and oxygen atoms in total. The van der Waals surface area contributed by atoms with Crippen LogP contribution < -0.4 is 20.3 Å². The van der Waals surface area contributed by atoms with Gasteiger partial charge < -0.3 is 20.3 Å². The molecule has 3 rings (SSSR count). The van der Waals surface area contributed by atoms with Gasteiger partial charge >= 0.3 is 0 Å². The fourth-order valence-corrected chi connectivity index (χ4v) is 4.07. The van der Waals surface area contributed by atoms with Gasteiger partial charge in [0.25, 0.3) is 0 Å². The molecule has 1 unspecified atom stereocenters. The van der Waals surface area contributed by atoms with E-state index < -0.39 is 0 Å². The number of amides is 1. The first kappa shape index (κ1) is 21.2. The van der Waals surface area contributed by atoms with Crippen molar-refractivity contribution in [2.75, 3.05) is 30.8 Å². The maximum atomic E-state index is 12.4. The Morgan fingerprint density at radius 2 is 1.79 bits per heavy atom. The minimum atomic E-state index is -0.0584. The Labute approximate surface area is 174 Å². The lowest BCUT2D eigenvalue weighted by Gasteiger charge is -2.28. The van der Waals surface area contributed by atoms with Crippen molar-refractivity contribution in [3.8, 4) is 5.75 Å². The van der Waals surface area contributed by atoms with Crippen molar-refractivity contribution in [2.45, 2.75) is 51.6 Å². The van der Waals surface area contributed by atoms with Crippen molar-refractivity contribution < 1.29 is 14.4 Å². The Kier molecular flexibility index (Phi) is 7.94. The van der Waals surface area contributed by atoms with E-state index in [1.807, 2.05) is 37.3 Å². The van der Waals surface area contributed by atoms with Crippen LogP contribution in [0.15, 0.2) is 48.5 Å². The number of carbonyl (C=O) groups excluding carboxylic acids is 1. The SMILES string of the molecule is CCOc1ccc(NC(=O)CNc2ccccc2C[NH+](C)C2CCCCC2)cc1. The van der Waals surface area contributed by atoms with Crippen LogP contribution in [-0.4, -0.2) is 32.1 Å². The van der Waals surface area contributed by atoms with E-state index >= 15 is 0 Å². The van der Waals surface area contributed by atoms with Crippen LogP contribution in [-0.2, 0) is 11.3 Å². The third-order valence-corrected chi connectivity index (χ3v) is 5.68. The van der Waals surface area contributed by atoms with Crippen LogP contribution in [0.1, 0.15) is 44.6 Å². The zero-order chi connectivity index (χ0) is 20.5. The molecule has 0 heterocycles. The fraction of sp³-hybridized carbons (Fsp3) is 0.458. The molecule has 1 amide bonds. The number of benzene rings is 2. The molecule has 1 atom stereocenters. The average molecular weight is 397 g/mol. The number of rotatable bonds is 9. The molecule has 0 bridgehead atoms. The second-order valence-electron chi connectivity index (χ2n) is 7.87. The highest BCUT2D eigenvalue weighted by Crippen LogP contribution is 2.18. The van der Waals surface area contributed by atoms with E-state index in [1.54, 1.807) is 4.90 Å². The van der Waals surface area contributed by atoms with Gasteiger partial charge in [0, 0.05) is 16.9 Å². The van der Waals surface area contributed by atoms with Crippen LogP contribution in [0.2, 0.25) is 0 Å². The summed E-state index contributed by atoms with van der Waals surface area (Å²) in [6, 6.07) is 16.5. The number of carbonyl (C=O) groups is 1. The lowest BCUT2D eigenvalue weighted by molar-refractivity contribution is -0.921. The molecule has 1 fully saturated rings. The second-order valence-corrected chi connectivity index (χ2v) is 7.87. The highest BCUT2D eigenvalue weighted by molar-refractivity contribution is 5.93. The van der Waals surface area contributed by atoms with E-state index in [-0.39, 0.29) is 12.5 Å². The van der Waals surface area contributed by atoms with E-state index in [9.17, 15) is 4.79 Å². The van der Waals surface area contributed by atoms with Gasteiger partial charge in [-0.3, -0.25) is 4.79 Å². The zero-order valence-corrected chi connectivity index (χ0v) is 17.7. The molecule has 0 spiro atoms. The highest BCUT2D eigenvalue weighted by Gasteiger charge is 2.22. The summed E-state index contributed by atoms with van der Waals surface area (Å²) in [4.78, 5) is 13.9. The van der Waals surface area contributed by atoms with E-state index in [2.05, 4.69) is 35.9 Å². The van der Waals surface area contributed by atoms with Crippen molar-refractivity contribution in [3.05, 3.63) is 54.1 Å². The number of hydrogen-bond acceptors (Lipinski definition) is 3. The minimum absolute atomic E-state index is 0.0584. The maximum absolute atomic E-state index is 12.4. The fourth-order valence-electron chi connectivity index (χ4n) is 4.07. The van der Waals surface area contributed by atoms with E-state index in [4.69, 9.17) is 4.74 Å². The molecule has 1 saturated carbocycles. The molecule has 0 aromatic heterocycles. The average Bonchev–Trinajstić information content (AvgIpc) is 2.75. The monoisotopic (exact) mass is 396 g/mol. The standard InChI is InChI=1S/C24H33N3O2/c1-3-29-22-15-13-20(14-16-22)26-24(28)17-25-23-12-8-7-9-19(23)18-27(2)21-10-5-4-6-11-21/h7-9,12-16,21,25H,3-6,10-11,17-18H2,1-2H3,(H,26,28)/p+1. The summed E-state index contributed by atoms with van der Waals surface area (Å²) in [5.74, 6) is 0.749. The summed E-state index contributed by atoms with van der Waals surface area (Å²) in [6.07, 6.45) is 6.74. The Morgan fingerprint density at radius 3 is 2.52 bits per heavy atom. The highest BCUT2D eigenvalue weighted by atomic mass is 16.5. The molecule has 0 aliphatic heterocycles. The van der Waals surface area contributed by atoms with E-state index in [0.29, 0.717) is 6.61 Å². The minimum Gasteiger partial charge on any atom is -0.494 e. The van der Waals surface area contributed by atoms with Gasteiger partial charge in [-0.25, -0.2) is 0 Å². The summed E-state index contributed by atoms with van der Waals surface area (Å²) in [6.45, 7) is 3.81. The number of anilines is 2. The van der Waals surface area contributed by atoms with Crippen LogP contribution in [0, 0.1) is 0 Å². The number of ether oxygens (including phenoxy) is 1. The first-order valence-corrected chi connectivity index (χ1v) is 10.8. The Hall–Kier alpha value is -2.53. The van der Waals surface area contributed by atoms with Crippen LogP contribution in [0.5, 0.6) is 5.75 Å². The molecule has 29 heavy (non-hydrogen) atoms. The predicted octanol–water partition coefficient (Wildman–Crippen LogP) is 3.48. The predicted molar refractivity (Wildman–Crippen MR) is 119 cm³/mol. The van der Waals surface area contributed by atoms with Gasteiger partial charge in [-0.05, 0) is 62.9 Å². The largest absolute Gasteiger partial charge is 0.494 e. The number of quaternary nitrogens is 1. The topological polar surface area (TPSA) is 54.8 Å².